The van der Waals surface area contributed by atoms with E-state index < -0.39 is 10.0 Å². The molecule has 2 aliphatic rings. The van der Waals surface area contributed by atoms with Crippen molar-refractivity contribution in [3.63, 3.8) is 0 Å². The number of carbonyl (C=O) groups is 1. The second-order valence-electron chi connectivity index (χ2n) is 10.9. The van der Waals surface area contributed by atoms with E-state index in [4.69, 9.17) is 26.8 Å². The van der Waals surface area contributed by atoms with Crippen molar-refractivity contribution in [1.82, 2.24) is 19.0 Å². The second kappa shape index (κ2) is 12.9. The van der Waals surface area contributed by atoms with Crippen molar-refractivity contribution in [1.29, 1.82) is 0 Å². The van der Waals surface area contributed by atoms with Crippen molar-refractivity contribution in [2.45, 2.75) is 37.5 Å². The minimum atomic E-state index is -3.78. The van der Waals surface area contributed by atoms with Crippen molar-refractivity contribution in [3.05, 3.63) is 101 Å². The summed E-state index contributed by atoms with van der Waals surface area (Å²) >= 11 is 6.84. The smallest absolute Gasteiger partial charge is 0.266 e. The first-order valence-corrected chi connectivity index (χ1v) is 17.1. The molecule has 4 aromatic rings. The molecule has 9 nitrogen and oxygen atoms in total. The molecule has 2 saturated heterocycles. The van der Waals surface area contributed by atoms with Crippen molar-refractivity contribution >= 4 is 50.3 Å². The largest absolute Gasteiger partial charge is 0.497 e. The molecule has 0 saturated carbocycles. The number of thioether (sulfide) groups is 1. The Hall–Kier alpha value is -3.81. The molecule has 2 aliphatic heterocycles. The highest BCUT2D eigenvalue weighted by molar-refractivity contribution is 8.26. The van der Waals surface area contributed by atoms with Crippen LogP contribution in [-0.2, 0) is 26.1 Å². The maximum atomic E-state index is 13.7. The number of nitrogens with zero attached hydrogens (tertiary/aromatic N) is 4. The number of rotatable bonds is 8. The van der Waals surface area contributed by atoms with Crippen LogP contribution in [0.5, 0.6) is 5.75 Å². The zero-order chi connectivity index (χ0) is 31.7. The summed E-state index contributed by atoms with van der Waals surface area (Å²) in [4.78, 5) is 15.8. The Labute approximate surface area is 272 Å². The number of methoxy groups -OCH3 is 1. The Morgan fingerprint density at radius 2 is 1.73 bits per heavy atom. The topological polar surface area (TPSA) is 94.0 Å². The van der Waals surface area contributed by atoms with Crippen LogP contribution in [0.25, 0.3) is 23.0 Å². The molecule has 0 N–H and O–H groups in total. The SMILES string of the molecule is COc1ccc(CN2C(=O)/C(=C/c3cn(-c4ccccc4)nc3-c3cccc(S(=O)(=O)N4CC(C)OC(C)C4)c3)SC2=S)cc1. The van der Waals surface area contributed by atoms with Gasteiger partial charge in [-0.15, -0.1) is 0 Å². The van der Waals surface area contributed by atoms with Crippen molar-refractivity contribution in [3.8, 4) is 22.7 Å². The lowest BCUT2D eigenvalue weighted by Crippen LogP contribution is -2.48. The van der Waals surface area contributed by atoms with Crippen LogP contribution in [0.2, 0.25) is 0 Å². The predicted octanol–water partition coefficient (Wildman–Crippen LogP) is 5.75. The van der Waals surface area contributed by atoms with Crippen LogP contribution >= 0.6 is 24.0 Å². The second-order valence-corrected chi connectivity index (χ2v) is 14.5. The van der Waals surface area contributed by atoms with E-state index in [1.54, 1.807) is 41.0 Å². The Morgan fingerprint density at radius 3 is 2.42 bits per heavy atom. The number of hydrogen-bond acceptors (Lipinski definition) is 8. The maximum absolute atomic E-state index is 13.7. The van der Waals surface area contributed by atoms with E-state index >= 15 is 0 Å². The molecular weight excluding hydrogens is 629 g/mol. The lowest BCUT2D eigenvalue weighted by molar-refractivity contribution is -0.122. The summed E-state index contributed by atoms with van der Waals surface area (Å²) in [5.41, 5.74) is 3.56. The number of thiocarbonyl (C=S) groups is 1. The molecule has 2 atom stereocenters. The number of hydrogen-bond donors (Lipinski definition) is 0. The van der Waals surface area contributed by atoms with Crippen LogP contribution in [0.3, 0.4) is 0 Å². The van der Waals surface area contributed by atoms with Crippen molar-refractivity contribution in [2.75, 3.05) is 20.2 Å². The fraction of sp³-hybridized carbons (Fsp3) is 0.242. The molecule has 0 bridgehead atoms. The number of aromatic nitrogens is 2. The highest BCUT2D eigenvalue weighted by atomic mass is 32.2. The van der Waals surface area contributed by atoms with Crippen LogP contribution in [0.1, 0.15) is 25.0 Å². The third-order valence-corrected chi connectivity index (χ3v) is 10.8. The third-order valence-electron chi connectivity index (χ3n) is 7.55. The van der Waals surface area contributed by atoms with Gasteiger partial charge in [-0.3, -0.25) is 9.69 Å². The van der Waals surface area contributed by atoms with Gasteiger partial charge in [-0.1, -0.05) is 66.4 Å². The summed E-state index contributed by atoms with van der Waals surface area (Å²) < 4.78 is 42.1. The predicted molar refractivity (Wildman–Crippen MR) is 179 cm³/mol. The molecule has 1 aromatic heterocycles. The fourth-order valence-electron chi connectivity index (χ4n) is 5.40. The molecule has 0 spiro atoms. The Morgan fingerprint density at radius 1 is 1.02 bits per heavy atom. The van der Waals surface area contributed by atoms with E-state index in [2.05, 4.69) is 0 Å². The zero-order valence-electron chi connectivity index (χ0n) is 25.0. The molecule has 232 valence electrons. The standard InChI is InChI=1S/C33H32N4O5S3/c1-22-18-35(19-23(2)42-22)45(39,40)29-11-7-8-25(16-29)31-26(21-37(34-31)27-9-5-4-6-10-27)17-30-32(38)36(33(43)44-30)20-24-12-14-28(41-3)15-13-24/h4-17,21-23H,18-20H2,1-3H3/b30-17-. The molecule has 1 amide bonds. The summed E-state index contributed by atoms with van der Waals surface area (Å²) in [5, 5.41) is 4.86. The molecule has 45 heavy (non-hydrogen) atoms. The van der Waals surface area contributed by atoms with Crippen molar-refractivity contribution in [2.24, 2.45) is 0 Å². The molecule has 3 aromatic carbocycles. The van der Waals surface area contributed by atoms with Gasteiger partial charge in [0.1, 0.15) is 15.8 Å². The van der Waals surface area contributed by atoms with Crippen LogP contribution in [0, 0.1) is 0 Å². The van der Waals surface area contributed by atoms with Crippen LogP contribution in [-0.4, -0.2) is 70.0 Å². The number of carbonyl (C=O) groups excluding carboxylic acids is 1. The summed E-state index contributed by atoms with van der Waals surface area (Å²) in [6.45, 7) is 4.64. The van der Waals surface area contributed by atoms with Gasteiger partial charge in [-0.2, -0.15) is 9.40 Å². The van der Waals surface area contributed by atoms with Gasteiger partial charge in [0.2, 0.25) is 10.0 Å². The first kappa shape index (κ1) is 31.2. The van der Waals surface area contributed by atoms with Gasteiger partial charge >= 0.3 is 0 Å². The van der Waals surface area contributed by atoms with E-state index in [1.165, 1.54) is 16.1 Å². The summed E-state index contributed by atoms with van der Waals surface area (Å²) in [7, 11) is -2.18. The summed E-state index contributed by atoms with van der Waals surface area (Å²) in [6.07, 6.45) is 3.21. The summed E-state index contributed by atoms with van der Waals surface area (Å²) in [5.74, 6) is 0.532. The first-order chi connectivity index (χ1) is 21.6. The van der Waals surface area contributed by atoms with Gasteiger partial charge in [0.25, 0.3) is 5.91 Å². The van der Waals surface area contributed by atoms with E-state index in [9.17, 15) is 13.2 Å². The third kappa shape index (κ3) is 6.61. The van der Waals surface area contributed by atoms with Crippen LogP contribution in [0.15, 0.2) is 94.9 Å². The fourth-order valence-corrected chi connectivity index (χ4v) is 8.28. The molecule has 6 rings (SSSR count). The number of para-hydroxylation sites is 1. The molecule has 12 heteroatoms. The monoisotopic (exact) mass is 660 g/mol. The van der Waals surface area contributed by atoms with Gasteiger partial charge in [-0.25, -0.2) is 13.1 Å². The Balaban J connectivity index is 1.36. The van der Waals surface area contributed by atoms with Gasteiger partial charge in [0, 0.05) is 30.4 Å². The quantitative estimate of drug-likeness (QED) is 0.174. The average molecular weight is 661 g/mol. The van der Waals surface area contributed by atoms with Gasteiger partial charge in [0.15, 0.2) is 0 Å². The van der Waals surface area contributed by atoms with E-state index in [1.807, 2.05) is 80.7 Å². The minimum absolute atomic E-state index is 0.173. The number of benzene rings is 3. The summed E-state index contributed by atoms with van der Waals surface area (Å²) in [6, 6.07) is 23.9. The molecule has 0 radical (unpaired) electrons. The van der Waals surface area contributed by atoms with Crippen LogP contribution in [0.4, 0.5) is 0 Å². The lowest BCUT2D eigenvalue weighted by atomic mass is 10.1. The van der Waals surface area contributed by atoms with E-state index in [0.29, 0.717) is 32.6 Å². The van der Waals surface area contributed by atoms with Crippen molar-refractivity contribution < 1.29 is 22.7 Å². The van der Waals surface area contributed by atoms with Gasteiger partial charge in [-0.05, 0) is 61.9 Å². The number of morpholine rings is 1. The average Bonchev–Trinajstić information content (AvgIpc) is 3.58. The normalized spacial score (nSPS) is 20.2. The highest BCUT2D eigenvalue weighted by Crippen LogP contribution is 2.36. The van der Waals surface area contributed by atoms with E-state index in [-0.39, 0.29) is 36.1 Å². The zero-order valence-corrected chi connectivity index (χ0v) is 27.4. The van der Waals surface area contributed by atoms with Crippen LogP contribution < -0.4 is 4.74 Å². The highest BCUT2D eigenvalue weighted by Gasteiger charge is 2.34. The molecule has 3 heterocycles. The Kier molecular flexibility index (Phi) is 8.94. The number of amides is 1. The number of sulfonamides is 1. The molecule has 2 unspecified atom stereocenters. The minimum Gasteiger partial charge on any atom is -0.497 e. The molecule has 2 fully saturated rings. The van der Waals surface area contributed by atoms with Gasteiger partial charge in [0.05, 0.1) is 41.4 Å². The lowest BCUT2D eigenvalue weighted by Gasteiger charge is -2.34. The number of ether oxygens (including phenoxy) is 2. The maximum Gasteiger partial charge on any atom is 0.266 e. The van der Waals surface area contributed by atoms with Gasteiger partial charge < -0.3 is 9.47 Å². The molecule has 0 aliphatic carbocycles. The Bertz CT molecular complexity index is 1860. The first-order valence-electron chi connectivity index (χ1n) is 14.4. The van der Waals surface area contributed by atoms with E-state index in [0.717, 1.165) is 17.0 Å². The molecular formula is C33H32N4O5S3.